The van der Waals surface area contributed by atoms with Crippen LogP contribution in [0.5, 0.6) is 0 Å². The summed E-state index contributed by atoms with van der Waals surface area (Å²) >= 11 is 0. The molecular formula is C24H27NO2. The van der Waals surface area contributed by atoms with Gasteiger partial charge in [0.15, 0.2) is 0 Å². The molecule has 3 rings (SSSR count). The molecule has 0 atom stereocenters. The third-order valence-electron chi connectivity index (χ3n) is 5.88. The lowest BCUT2D eigenvalue weighted by Crippen LogP contribution is -2.17. The van der Waals surface area contributed by atoms with Gasteiger partial charge < -0.3 is 5.11 Å². The van der Waals surface area contributed by atoms with E-state index in [4.69, 9.17) is 5.26 Å². The molecule has 1 fully saturated rings. The van der Waals surface area contributed by atoms with Crippen molar-refractivity contribution in [2.45, 2.75) is 57.8 Å². The van der Waals surface area contributed by atoms with Gasteiger partial charge in [0.25, 0.3) is 0 Å². The fourth-order valence-electron chi connectivity index (χ4n) is 4.40. The zero-order valence-electron chi connectivity index (χ0n) is 15.9. The van der Waals surface area contributed by atoms with Gasteiger partial charge in [0.1, 0.15) is 0 Å². The van der Waals surface area contributed by atoms with Crippen LogP contribution in [0.25, 0.3) is 11.1 Å². The van der Waals surface area contributed by atoms with Crippen LogP contribution in [0.2, 0.25) is 0 Å². The van der Waals surface area contributed by atoms with Crippen molar-refractivity contribution in [2.75, 3.05) is 0 Å². The van der Waals surface area contributed by atoms with Crippen molar-refractivity contribution in [1.29, 1.82) is 5.26 Å². The number of carboxylic acid groups (broad SMARTS) is 1. The van der Waals surface area contributed by atoms with Gasteiger partial charge in [-0.25, -0.2) is 4.79 Å². The summed E-state index contributed by atoms with van der Waals surface area (Å²) in [6.45, 7) is 2.23. The van der Waals surface area contributed by atoms with E-state index in [2.05, 4.69) is 13.0 Å². The van der Waals surface area contributed by atoms with Crippen molar-refractivity contribution in [3.63, 3.8) is 0 Å². The van der Waals surface area contributed by atoms with Gasteiger partial charge in [0.2, 0.25) is 0 Å². The first-order chi connectivity index (χ1) is 13.1. The Morgan fingerprint density at radius 3 is 2.41 bits per heavy atom. The van der Waals surface area contributed by atoms with Gasteiger partial charge in [-0.05, 0) is 72.4 Å². The summed E-state index contributed by atoms with van der Waals surface area (Å²) < 4.78 is 0. The van der Waals surface area contributed by atoms with E-state index in [-0.39, 0.29) is 0 Å². The molecule has 3 heteroatoms. The molecule has 2 aromatic carbocycles. The molecule has 0 aromatic heterocycles. The number of nitrogens with zero attached hydrogens (tertiary/aromatic N) is 1. The summed E-state index contributed by atoms with van der Waals surface area (Å²) in [5.41, 5.74) is 4.00. The van der Waals surface area contributed by atoms with Crippen LogP contribution in [0.3, 0.4) is 0 Å². The van der Waals surface area contributed by atoms with Gasteiger partial charge in [-0.2, -0.15) is 5.26 Å². The van der Waals surface area contributed by atoms with Crippen LogP contribution in [0.1, 0.15) is 79.3 Å². The molecule has 1 saturated carbocycles. The normalized spacial score (nSPS) is 19.4. The molecule has 1 N–H and O–H groups in total. The molecule has 0 bridgehead atoms. The lowest BCUT2D eigenvalue weighted by Gasteiger charge is -2.31. The van der Waals surface area contributed by atoms with E-state index in [1.165, 1.54) is 32.1 Å². The summed E-state index contributed by atoms with van der Waals surface area (Å²) in [4.78, 5) is 11.9. The second-order valence-corrected chi connectivity index (χ2v) is 7.62. The number of carboxylic acids is 1. The number of nitriles is 1. The van der Waals surface area contributed by atoms with Crippen LogP contribution >= 0.6 is 0 Å². The van der Waals surface area contributed by atoms with E-state index in [1.54, 1.807) is 18.2 Å². The molecule has 2 aromatic rings. The fourth-order valence-corrected chi connectivity index (χ4v) is 4.40. The molecule has 27 heavy (non-hydrogen) atoms. The number of unbranched alkanes of at least 4 members (excludes halogenated alkanes) is 1. The Kier molecular flexibility index (Phi) is 6.29. The Balaban J connectivity index is 1.93. The third kappa shape index (κ3) is 4.39. The van der Waals surface area contributed by atoms with Gasteiger partial charge in [-0.15, -0.1) is 0 Å². The second kappa shape index (κ2) is 8.86. The molecule has 0 amide bonds. The SMILES string of the molecule is CCCCC1CCC(c2c(C(=O)O)cccc2-c2ccc(C#N)cc2)CC1. The summed E-state index contributed by atoms with van der Waals surface area (Å²) in [5, 5.41) is 18.8. The molecule has 1 aliphatic carbocycles. The van der Waals surface area contributed by atoms with E-state index < -0.39 is 5.97 Å². The van der Waals surface area contributed by atoms with E-state index in [0.29, 0.717) is 17.0 Å². The van der Waals surface area contributed by atoms with Crippen molar-refractivity contribution >= 4 is 5.97 Å². The molecule has 0 heterocycles. The molecule has 3 nitrogen and oxygen atoms in total. The van der Waals surface area contributed by atoms with Gasteiger partial charge in [0.05, 0.1) is 17.2 Å². The highest BCUT2D eigenvalue weighted by molar-refractivity contribution is 5.92. The highest BCUT2D eigenvalue weighted by atomic mass is 16.4. The molecule has 0 spiro atoms. The summed E-state index contributed by atoms with van der Waals surface area (Å²) in [6.07, 6.45) is 8.31. The molecule has 140 valence electrons. The number of hydrogen-bond acceptors (Lipinski definition) is 2. The van der Waals surface area contributed by atoms with Gasteiger partial charge in [0, 0.05) is 0 Å². The Bertz CT molecular complexity index is 824. The Labute approximate surface area is 161 Å². The van der Waals surface area contributed by atoms with Crippen molar-refractivity contribution in [2.24, 2.45) is 5.92 Å². The quantitative estimate of drug-likeness (QED) is 0.648. The Hall–Kier alpha value is -2.60. The first-order valence-corrected chi connectivity index (χ1v) is 10.0. The maximum atomic E-state index is 11.9. The lowest BCUT2D eigenvalue weighted by atomic mass is 9.74. The first-order valence-electron chi connectivity index (χ1n) is 10.0. The zero-order valence-corrected chi connectivity index (χ0v) is 15.9. The minimum Gasteiger partial charge on any atom is -0.478 e. The number of carbonyl (C=O) groups is 1. The van der Waals surface area contributed by atoms with Crippen LogP contribution < -0.4 is 0 Å². The standard InChI is InChI=1S/C24H27NO2/c1-2-3-5-17-8-14-20(15-9-17)23-21(6-4-7-22(23)24(26)27)19-12-10-18(16-25)11-13-19/h4,6-7,10-13,17,20H,2-3,5,8-9,14-15H2,1H3,(H,26,27). The molecular weight excluding hydrogens is 334 g/mol. The number of benzene rings is 2. The predicted molar refractivity (Wildman–Crippen MR) is 108 cm³/mol. The fraction of sp³-hybridized carbons (Fsp3) is 0.417. The second-order valence-electron chi connectivity index (χ2n) is 7.62. The van der Waals surface area contributed by atoms with Crippen molar-refractivity contribution in [1.82, 2.24) is 0 Å². The van der Waals surface area contributed by atoms with Crippen LogP contribution in [-0.2, 0) is 0 Å². The van der Waals surface area contributed by atoms with Gasteiger partial charge >= 0.3 is 5.97 Å². The van der Waals surface area contributed by atoms with E-state index in [1.807, 2.05) is 24.3 Å². The molecule has 1 aliphatic rings. The van der Waals surface area contributed by atoms with Crippen LogP contribution in [-0.4, -0.2) is 11.1 Å². The number of rotatable bonds is 6. The Morgan fingerprint density at radius 2 is 1.81 bits per heavy atom. The molecule has 0 saturated heterocycles. The summed E-state index contributed by atoms with van der Waals surface area (Å²) in [6, 6.07) is 15.2. The van der Waals surface area contributed by atoms with E-state index in [9.17, 15) is 9.90 Å². The molecule has 0 aliphatic heterocycles. The minimum absolute atomic E-state index is 0.292. The monoisotopic (exact) mass is 361 g/mol. The highest BCUT2D eigenvalue weighted by Gasteiger charge is 2.27. The Morgan fingerprint density at radius 1 is 1.11 bits per heavy atom. The van der Waals surface area contributed by atoms with Crippen molar-refractivity contribution in [3.05, 3.63) is 59.2 Å². The van der Waals surface area contributed by atoms with Crippen LogP contribution in [0.4, 0.5) is 0 Å². The summed E-state index contributed by atoms with van der Waals surface area (Å²) in [7, 11) is 0. The largest absolute Gasteiger partial charge is 0.478 e. The first kappa shape index (κ1) is 19.2. The molecule has 0 radical (unpaired) electrons. The van der Waals surface area contributed by atoms with E-state index >= 15 is 0 Å². The minimum atomic E-state index is -0.853. The third-order valence-corrected chi connectivity index (χ3v) is 5.88. The summed E-state index contributed by atoms with van der Waals surface area (Å²) in [5.74, 6) is 0.228. The van der Waals surface area contributed by atoms with Crippen LogP contribution in [0.15, 0.2) is 42.5 Å². The van der Waals surface area contributed by atoms with Gasteiger partial charge in [-0.1, -0.05) is 50.5 Å². The smallest absolute Gasteiger partial charge is 0.335 e. The zero-order chi connectivity index (χ0) is 19.2. The predicted octanol–water partition coefficient (Wildman–Crippen LogP) is 6.39. The van der Waals surface area contributed by atoms with Crippen molar-refractivity contribution < 1.29 is 9.90 Å². The highest BCUT2D eigenvalue weighted by Crippen LogP contribution is 2.42. The maximum absolute atomic E-state index is 11.9. The number of hydrogen-bond donors (Lipinski definition) is 1. The van der Waals surface area contributed by atoms with E-state index in [0.717, 1.165) is 35.4 Å². The number of aromatic carboxylic acids is 1. The average molecular weight is 361 g/mol. The topological polar surface area (TPSA) is 61.1 Å². The lowest BCUT2D eigenvalue weighted by molar-refractivity contribution is 0.0694. The maximum Gasteiger partial charge on any atom is 0.335 e. The molecule has 0 unspecified atom stereocenters. The van der Waals surface area contributed by atoms with Crippen molar-refractivity contribution in [3.8, 4) is 17.2 Å². The van der Waals surface area contributed by atoms with Crippen LogP contribution in [0, 0.1) is 17.2 Å². The average Bonchev–Trinajstić information content (AvgIpc) is 2.72. The van der Waals surface area contributed by atoms with Gasteiger partial charge in [-0.3, -0.25) is 0 Å².